The summed E-state index contributed by atoms with van der Waals surface area (Å²) in [6, 6.07) is 14.4. The van der Waals surface area contributed by atoms with E-state index in [1.807, 2.05) is 0 Å². The van der Waals surface area contributed by atoms with Crippen LogP contribution in [0.3, 0.4) is 0 Å². The molecule has 9 nitrogen and oxygen atoms in total. The maximum absolute atomic E-state index is 13.5. The average molecular weight is 562 g/mol. The van der Waals surface area contributed by atoms with Gasteiger partial charge in [0.25, 0.3) is 5.91 Å². The first-order valence-corrected chi connectivity index (χ1v) is 12.6. The molecular weight excluding hydrogens is 527 g/mol. The number of carbonyl (C=O) groups excluding carboxylic acids is 2. The molecular formula is C28H34F3N5O4. The summed E-state index contributed by atoms with van der Waals surface area (Å²) in [5.41, 5.74) is -0.312. The van der Waals surface area contributed by atoms with Crippen LogP contribution in [0.25, 0.3) is 5.69 Å². The van der Waals surface area contributed by atoms with Gasteiger partial charge >= 0.3 is 12.3 Å². The summed E-state index contributed by atoms with van der Waals surface area (Å²) in [4.78, 5) is 26.6. The number of amides is 2. The smallest absolute Gasteiger partial charge is 0.435 e. The monoisotopic (exact) mass is 561 g/mol. The Labute approximate surface area is 231 Å². The minimum Gasteiger partial charge on any atom is -0.496 e. The number of alkyl halides is 3. The number of hydrogen-bond donors (Lipinski definition) is 2. The van der Waals surface area contributed by atoms with Gasteiger partial charge < -0.3 is 25.0 Å². The molecule has 3 rings (SSSR count). The first-order valence-electron chi connectivity index (χ1n) is 12.6. The number of methoxy groups -OCH3 is 1. The van der Waals surface area contributed by atoms with Crippen molar-refractivity contribution in [3.8, 4) is 11.4 Å². The topological polar surface area (TPSA) is 97.7 Å². The van der Waals surface area contributed by atoms with Crippen LogP contribution in [0.4, 0.5) is 18.0 Å². The number of aromatic nitrogens is 2. The summed E-state index contributed by atoms with van der Waals surface area (Å²) in [5, 5.41) is 9.55. The van der Waals surface area contributed by atoms with Crippen molar-refractivity contribution >= 4 is 12.0 Å². The molecule has 12 heteroatoms. The van der Waals surface area contributed by atoms with Gasteiger partial charge in [0.1, 0.15) is 17.0 Å². The third-order valence-corrected chi connectivity index (χ3v) is 5.68. The van der Waals surface area contributed by atoms with Crippen LogP contribution in [0.1, 0.15) is 48.1 Å². The van der Waals surface area contributed by atoms with Crippen LogP contribution in [-0.4, -0.2) is 59.5 Å². The molecule has 0 aliphatic heterocycles. The van der Waals surface area contributed by atoms with E-state index in [9.17, 15) is 22.8 Å². The Hall–Kier alpha value is -4.06. The highest BCUT2D eigenvalue weighted by Gasteiger charge is 2.36. The second kappa shape index (κ2) is 12.9. The normalized spacial score (nSPS) is 11.7. The van der Waals surface area contributed by atoms with Crippen LogP contribution in [0.2, 0.25) is 0 Å². The van der Waals surface area contributed by atoms with Gasteiger partial charge in [-0.05, 0) is 44.5 Å². The second-order valence-corrected chi connectivity index (χ2v) is 10.1. The fourth-order valence-corrected chi connectivity index (χ4v) is 3.70. The van der Waals surface area contributed by atoms with Gasteiger partial charge in [-0.25, -0.2) is 9.48 Å². The van der Waals surface area contributed by atoms with E-state index in [4.69, 9.17) is 9.47 Å². The maximum atomic E-state index is 13.5. The standard InChI is InChI=1S/C28H34F3N5O4/c1-27(2,3)40-26(38)35(4)14-13-32-17-19-9-8-11-21(15-19)36-22(16-24(34-36)28(29,30)31)25(37)33-18-20-10-6-7-12-23(20)39-5/h6-12,15-16,32H,13-14,17-18H2,1-5H3,(H,33,37). The molecule has 0 unspecified atom stereocenters. The van der Waals surface area contributed by atoms with E-state index in [1.165, 1.54) is 12.0 Å². The lowest BCUT2D eigenvalue weighted by Crippen LogP contribution is -2.37. The minimum atomic E-state index is -4.73. The molecule has 3 aromatic rings. The van der Waals surface area contributed by atoms with Crippen molar-refractivity contribution in [3.05, 3.63) is 77.1 Å². The molecule has 1 heterocycles. The number of hydrogen-bond acceptors (Lipinski definition) is 6. The van der Waals surface area contributed by atoms with Crippen molar-refractivity contribution in [2.75, 3.05) is 27.2 Å². The number of carbonyl (C=O) groups is 2. The molecule has 2 aromatic carbocycles. The van der Waals surface area contributed by atoms with E-state index in [-0.39, 0.29) is 12.2 Å². The van der Waals surface area contributed by atoms with E-state index in [1.54, 1.807) is 76.3 Å². The maximum Gasteiger partial charge on any atom is 0.435 e. The molecule has 2 amide bonds. The summed E-state index contributed by atoms with van der Waals surface area (Å²) in [5.74, 6) is -0.174. The zero-order valence-corrected chi connectivity index (χ0v) is 23.1. The van der Waals surface area contributed by atoms with E-state index >= 15 is 0 Å². The van der Waals surface area contributed by atoms with Gasteiger partial charge in [0.2, 0.25) is 0 Å². The van der Waals surface area contributed by atoms with E-state index < -0.39 is 29.5 Å². The summed E-state index contributed by atoms with van der Waals surface area (Å²) >= 11 is 0. The highest BCUT2D eigenvalue weighted by atomic mass is 19.4. The van der Waals surface area contributed by atoms with Crippen molar-refractivity contribution in [3.63, 3.8) is 0 Å². The number of rotatable bonds is 10. The van der Waals surface area contributed by atoms with Crippen LogP contribution >= 0.6 is 0 Å². The van der Waals surface area contributed by atoms with Crippen LogP contribution in [0.15, 0.2) is 54.6 Å². The molecule has 0 fully saturated rings. The molecule has 1 aromatic heterocycles. The van der Waals surface area contributed by atoms with Crippen LogP contribution in [-0.2, 0) is 24.0 Å². The van der Waals surface area contributed by atoms with Crippen LogP contribution < -0.4 is 15.4 Å². The Balaban J connectivity index is 1.72. The lowest BCUT2D eigenvalue weighted by molar-refractivity contribution is -0.141. The molecule has 40 heavy (non-hydrogen) atoms. The fourth-order valence-electron chi connectivity index (χ4n) is 3.70. The minimum absolute atomic E-state index is 0.0527. The van der Waals surface area contributed by atoms with Gasteiger partial charge in [0, 0.05) is 44.9 Å². The number of nitrogens with zero attached hydrogens (tertiary/aromatic N) is 3. The number of ether oxygens (including phenoxy) is 2. The van der Waals surface area contributed by atoms with Crippen LogP contribution in [0.5, 0.6) is 5.75 Å². The van der Waals surface area contributed by atoms with Gasteiger partial charge in [0.15, 0.2) is 5.69 Å². The summed E-state index contributed by atoms with van der Waals surface area (Å²) in [7, 11) is 3.12. The highest BCUT2D eigenvalue weighted by molar-refractivity contribution is 5.93. The summed E-state index contributed by atoms with van der Waals surface area (Å²) in [6.07, 6.45) is -5.17. The number of nitrogens with one attached hydrogen (secondary N) is 2. The zero-order chi connectivity index (χ0) is 29.5. The predicted molar refractivity (Wildman–Crippen MR) is 143 cm³/mol. The second-order valence-electron chi connectivity index (χ2n) is 10.1. The Morgan fingerprint density at radius 3 is 2.42 bits per heavy atom. The van der Waals surface area contributed by atoms with Crippen molar-refractivity contribution < 1.29 is 32.2 Å². The number of halogens is 3. The zero-order valence-electron chi connectivity index (χ0n) is 23.1. The number of para-hydroxylation sites is 1. The molecule has 0 saturated heterocycles. The van der Waals surface area contributed by atoms with Crippen molar-refractivity contribution in [1.29, 1.82) is 0 Å². The van der Waals surface area contributed by atoms with Crippen LogP contribution in [0, 0.1) is 0 Å². The van der Waals surface area contributed by atoms with E-state index in [0.717, 1.165) is 16.3 Å². The third kappa shape index (κ3) is 8.47. The van der Waals surface area contributed by atoms with Gasteiger partial charge in [-0.3, -0.25) is 4.79 Å². The first-order chi connectivity index (χ1) is 18.8. The summed E-state index contributed by atoms with van der Waals surface area (Å²) < 4.78 is 52.2. The molecule has 0 aliphatic rings. The Kier molecular flexibility index (Phi) is 9.80. The number of benzene rings is 2. The fraction of sp³-hybridized carbons (Fsp3) is 0.393. The lowest BCUT2D eigenvalue weighted by Gasteiger charge is -2.24. The molecule has 0 bridgehead atoms. The lowest BCUT2D eigenvalue weighted by atomic mass is 10.2. The van der Waals surface area contributed by atoms with Crippen molar-refractivity contribution in [1.82, 2.24) is 25.3 Å². The van der Waals surface area contributed by atoms with E-state index in [2.05, 4.69) is 15.7 Å². The molecule has 0 aliphatic carbocycles. The van der Waals surface area contributed by atoms with E-state index in [0.29, 0.717) is 36.6 Å². The molecule has 216 valence electrons. The Morgan fingerprint density at radius 2 is 1.75 bits per heavy atom. The SMILES string of the molecule is COc1ccccc1CNC(=O)c1cc(C(F)(F)F)nn1-c1cccc(CNCCN(C)C(=O)OC(C)(C)C)c1. The molecule has 0 spiro atoms. The quantitative estimate of drug-likeness (QED) is 0.346. The Bertz CT molecular complexity index is 1320. The van der Waals surface area contributed by atoms with Gasteiger partial charge in [-0.15, -0.1) is 0 Å². The summed E-state index contributed by atoms with van der Waals surface area (Å²) in [6.45, 7) is 6.63. The molecule has 0 saturated carbocycles. The van der Waals surface area contributed by atoms with Crippen molar-refractivity contribution in [2.45, 2.75) is 45.6 Å². The molecule has 0 atom stereocenters. The van der Waals surface area contributed by atoms with Gasteiger partial charge in [-0.1, -0.05) is 30.3 Å². The molecule has 0 radical (unpaired) electrons. The largest absolute Gasteiger partial charge is 0.496 e. The average Bonchev–Trinajstić information content (AvgIpc) is 3.35. The number of likely N-dealkylation sites (N-methyl/N-ethyl adjacent to an activating group) is 1. The van der Waals surface area contributed by atoms with Crippen molar-refractivity contribution in [2.24, 2.45) is 0 Å². The molecule has 2 N–H and O–H groups in total. The highest BCUT2D eigenvalue weighted by Crippen LogP contribution is 2.30. The van der Waals surface area contributed by atoms with Gasteiger partial charge in [0.05, 0.1) is 12.8 Å². The predicted octanol–water partition coefficient (Wildman–Crippen LogP) is 4.79. The van der Waals surface area contributed by atoms with Gasteiger partial charge in [-0.2, -0.15) is 18.3 Å². The third-order valence-electron chi connectivity index (χ3n) is 5.68. The Morgan fingerprint density at radius 1 is 1.02 bits per heavy atom. The first kappa shape index (κ1) is 30.5.